The average Bonchev–Trinajstić information content (AvgIpc) is 3.40. The standard InChI is InChI=1S/C44H72N4S/c1-5-7-9-11-12-13-14-15-16-17-18-19-20-21-25-29-37-35-40-44(43(47(3)4)42(37)45-32-26-22-10-8-6-2)49-41-36-38(30-31-39(41)46-40)48-33-27-23-24-28-34-48/h30-31,35-36H,5-29,32-34H2,1-4H3/b45-42+. The van der Waals surface area contributed by atoms with Gasteiger partial charge in [-0.2, -0.15) is 0 Å². The van der Waals surface area contributed by atoms with Crippen LogP contribution in [-0.2, 0) is 6.42 Å². The second-order valence-electron chi connectivity index (χ2n) is 15.2. The molecule has 1 aliphatic carbocycles. The molecule has 0 aromatic heterocycles. The molecule has 0 unspecified atom stereocenters. The predicted octanol–water partition coefficient (Wildman–Crippen LogP) is 13.1. The second kappa shape index (κ2) is 23.4. The molecule has 0 atom stereocenters. The number of aromatic nitrogens is 1. The van der Waals surface area contributed by atoms with E-state index < -0.39 is 0 Å². The minimum atomic E-state index is 0.923. The lowest BCUT2D eigenvalue weighted by Crippen LogP contribution is -2.25. The molecule has 1 aromatic rings. The minimum absolute atomic E-state index is 0.923. The molecule has 1 saturated heterocycles. The molecule has 0 N–H and O–H groups in total. The maximum Gasteiger partial charge on any atom is 0.0855 e. The quantitative estimate of drug-likeness (QED) is 0.0693. The monoisotopic (exact) mass is 689 g/mol. The van der Waals surface area contributed by atoms with Crippen molar-refractivity contribution in [3.63, 3.8) is 0 Å². The molecule has 1 aromatic carbocycles. The van der Waals surface area contributed by atoms with E-state index in [0.717, 1.165) is 24.2 Å². The first-order valence-corrected chi connectivity index (χ1v) is 21.8. The van der Waals surface area contributed by atoms with Crippen molar-refractivity contribution in [2.45, 2.75) is 174 Å². The Hall–Kier alpha value is -2.14. The van der Waals surface area contributed by atoms with Crippen molar-refractivity contribution in [1.82, 2.24) is 4.98 Å². The highest BCUT2D eigenvalue weighted by molar-refractivity contribution is 7.22. The van der Waals surface area contributed by atoms with E-state index in [1.54, 1.807) is 0 Å². The largest absolute Gasteiger partial charge is 0.375 e. The first-order chi connectivity index (χ1) is 24.1. The number of hydrogen-bond donors (Lipinski definition) is 0. The van der Waals surface area contributed by atoms with Crippen molar-refractivity contribution >= 4 is 32.9 Å². The van der Waals surface area contributed by atoms with E-state index in [2.05, 4.69) is 62.0 Å². The van der Waals surface area contributed by atoms with Gasteiger partial charge < -0.3 is 9.80 Å². The summed E-state index contributed by atoms with van der Waals surface area (Å²) in [4.78, 5) is 16.9. The highest BCUT2D eigenvalue weighted by Crippen LogP contribution is 2.38. The third-order valence-electron chi connectivity index (χ3n) is 10.7. The number of unbranched alkanes of at least 4 members (excludes halogenated alkanes) is 18. The van der Waals surface area contributed by atoms with E-state index in [1.807, 2.05) is 11.3 Å². The van der Waals surface area contributed by atoms with Crippen molar-refractivity contribution in [1.29, 1.82) is 0 Å². The third kappa shape index (κ3) is 13.5. The van der Waals surface area contributed by atoms with Crippen LogP contribution in [-0.4, -0.2) is 38.7 Å². The summed E-state index contributed by atoms with van der Waals surface area (Å²) < 4.78 is 1.29. The molecule has 274 valence electrons. The Morgan fingerprint density at radius 1 is 0.673 bits per heavy atom. The molecule has 5 heteroatoms. The van der Waals surface area contributed by atoms with Gasteiger partial charge >= 0.3 is 0 Å². The van der Waals surface area contributed by atoms with Crippen LogP contribution in [0.15, 0.2) is 29.3 Å². The summed E-state index contributed by atoms with van der Waals surface area (Å²) in [6.45, 7) is 7.86. The fraction of sp³-hybridized carbons (Fsp3) is 0.727. The van der Waals surface area contributed by atoms with E-state index in [0.29, 0.717) is 0 Å². The minimum Gasteiger partial charge on any atom is -0.375 e. The fourth-order valence-electron chi connectivity index (χ4n) is 7.68. The Bertz CT molecular complexity index is 1350. The molecule has 2 heterocycles. The molecule has 49 heavy (non-hydrogen) atoms. The fourth-order valence-corrected chi connectivity index (χ4v) is 8.88. The maximum absolute atomic E-state index is 5.37. The van der Waals surface area contributed by atoms with Gasteiger partial charge in [0.2, 0.25) is 0 Å². The van der Waals surface area contributed by atoms with Crippen LogP contribution in [0.4, 0.5) is 11.4 Å². The molecule has 0 spiro atoms. The highest BCUT2D eigenvalue weighted by Gasteiger charge is 2.20. The maximum atomic E-state index is 5.37. The zero-order chi connectivity index (χ0) is 34.5. The van der Waals surface area contributed by atoms with Crippen LogP contribution in [0.5, 0.6) is 0 Å². The number of nitrogens with zero attached hydrogens (tertiary/aromatic N) is 4. The van der Waals surface area contributed by atoms with Crippen LogP contribution < -0.4 is 15.2 Å². The number of hydrogen-bond acceptors (Lipinski definition) is 5. The van der Waals surface area contributed by atoms with E-state index in [-0.39, 0.29) is 0 Å². The van der Waals surface area contributed by atoms with Gasteiger partial charge in [-0.05, 0) is 61.9 Å². The van der Waals surface area contributed by atoms with Crippen LogP contribution in [0.25, 0.3) is 20.8 Å². The second-order valence-corrected chi connectivity index (χ2v) is 16.3. The molecule has 4 rings (SSSR count). The van der Waals surface area contributed by atoms with Crippen molar-refractivity contribution in [3.05, 3.63) is 35.2 Å². The molecule has 0 amide bonds. The summed E-state index contributed by atoms with van der Waals surface area (Å²) in [7, 11) is 4.41. The first-order valence-electron chi connectivity index (χ1n) is 21.0. The Morgan fingerprint density at radius 3 is 1.80 bits per heavy atom. The summed E-state index contributed by atoms with van der Waals surface area (Å²) in [5.41, 5.74) is 6.31. The predicted molar refractivity (Wildman–Crippen MR) is 219 cm³/mol. The van der Waals surface area contributed by atoms with Crippen LogP contribution in [0.2, 0.25) is 0 Å². The van der Waals surface area contributed by atoms with Gasteiger partial charge in [0.15, 0.2) is 0 Å². The molecular formula is C44H72N4S. The molecule has 0 saturated carbocycles. The van der Waals surface area contributed by atoms with Crippen LogP contribution in [0.1, 0.15) is 174 Å². The number of fused-ring (bicyclic) bond motifs is 2. The van der Waals surface area contributed by atoms with Crippen molar-refractivity contribution in [2.24, 2.45) is 4.99 Å². The van der Waals surface area contributed by atoms with Crippen molar-refractivity contribution in [2.75, 3.05) is 43.5 Å². The van der Waals surface area contributed by atoms with E-state index in [4.69, 9.17) is 9.98 Å². The Kier molecular flexibility index (Phi) is 18.9. The Labute approximate surface area is 305 Å². The zero-order valence-electron chi connectivity index (χ0n) is 32.3. The summed E-state index contributed by atoms with van der Waals surface area (Å²) in [5, 5.41) is 1.24. The molecular weight excluding hydrogens is 617 g/mol. The van der Waals surface area contributed by atoms with Gasteiger partial charge in [0, 0.05) is 39.4 Å². The van der Waals surface area contributed by atoms with E-state index in [9.17, 15) is 0 Å². The highest BCUT2D eigenvalue weighted by atomic mass is 32.1. The number of aryl methyl sites for hydroxylation is 1. The van der Waals surface area contributed by atoms with Gasteiger partial charge in [0.1, 0.15) is 0 Å². The normalized spacial score (nSPS) is 14.3. The lowest BCUT2D eigenvalue weighted by atomic mass is 10.0. The molecule has 0 radical (unpaired) electrons. The van der Waals surface area contributed by atoms with Gasteiger partial charge in [-0.1, -0.05) is 142 Å². The Balaban J connectivity index is 1.41. The zero-order valence-corrected chi connectivity index (χ0v) is 33.1. The lowest BCUT2D eigenvalue weighted by Gasteiger charge is -2.24. The molecule has 3 aliphatic rings. The summed E-state index contributed by atoms with van der Waals surface area (Å²) in [6.07, 6.45) is 33.9. The Morgan fingerprint density at radius 2 is 1.22 bits per heavy atom. The van der Waals surface area contributed by atoms with Gasteiger partial charge in [0.05, 0.1) is 31.8 Å². The average molecular weight is 689 g/mol. The number of benzene rings is 2. The topological polar surface area (TPSA) is 31.7 Å². The lowest BCUT2D eigenvalue weighted by molar-refractivity contribution is 0.532. The van der Waals surface area contributed by atoms with Crippen molar-refractivity contribution in [3.8, 4) is 10.6 Å². The summed E-state index contributed by atoms with van der Waals surface area (Å²) in [5.74, 6) is 0. The smallest absolute Gasteiger partial charge is 0.0855 e. The molecule has 4 nitrogen and oxygen atoms in total. The SMILES string of the molecule is CCCCCCCCCCCCCCCCCc1cc2nc3ccc(N4CCCCCC4)cc3sc-2c(N(C)C)/c1=N/CCCCCCC. The van der Waals surface area contributed by atoms with Crippen molar-refractivity contribution < 1.29 is 0 Å². The number of rotatable bonds is 24. The van der Waals surface area contributed by atoms with Gasteiger partial charge in [-0.25, -0.2) is 4.98 Å². The summed E-state index contributed by atoms with van der Waals surface area (Å²) >= 11 is 1.92. The van der Waals surface area contributed by atoms with Crippen LogP contribution >= 0.6 is 11.3 Å². The first kappa shape index (κ1) is 39.6. The molecule has 2 aliphatic heterocycles. The van der Waals surface area contributed by atoms with E-state index >= 15 is 0 Å². The molecule has 1 fully saturated rings. The third-order valence-corrected chi connectivity index (χ3v) is 11.8. The van der Waals surface area contributed by atoms with Gasteiger partial charge in [-0.3, -0.25) is 4.99 Å². The van der Waals surface area contributed by atoms with Gasteiger partial charge in [-0.15, -0.1) is 11.3 Å². The number of anilines is 2. The van der Waals surface area contributed by atoms with Gasteiger partial charge in [0.25, 0.3) is 0 Å². The van der Waals surface area contributed by atoms with E-state index in [1.165, 1.54) is 199 Å². The van der Waals surface area contributed by atoms with Crippen LogP contribution in [0, 0.1) is 0 Å². The molecule has 0 bridgehead atoms. The summed E-state index contributed by atoms with van der Waals surface area (Å²) in [6, 6.07) is 9.39. The van der Waals surface area contributed by atoms with Crippen LogP contribution in [0.3, 0.4) is 0 Å².